The maximum absolute atomic E-state index is 14.0. The molecule has 1 aromatic carbocycles. The molecular weight excluding hydrogens is 386 g/mol. The first-order chi connectivity index (χ1) is 12.7. The number of halogens is 4. The first-order valence-electron chi connectivity index (χ1n) is 8.61. The van der Waals surface area contributed by atoms with Gasteiger partial charge in [0.2, 0.25) is 5.50 Å². The minimum atomic E-state index is -3.20. The fraction of sp³-hybridized carbons (Fsp3) is 0.556. The maximum atomic E-state index is 14.0. The standard InChI is InChI=1S/C18H23F4NO3S/c1-4-6-11(7-5-2)17(24)26-18(25)23-13-9-14(10(3)8-12(13)19)27-16(22)15(20)21/h8-9,11,15-16H,4-7H2,1-3H3,(H,23,25). The highest BCUT2D eigenvalue weighted by Gasteiger charge is 2.24. The molecular formula is C18H23F4NO3S. The molecule has 1 amide bonds. The van der Waals surface area contributed by atoms with Crippen molar-refractivity contribution in [3.05, 3.63) is 23.5 Å². The SMILES string of the molecule is CCCC(CCC)C(=O)OC(=O)Nc1cc(SC(F)C(F)F)c(C)cc1F. The van der Waals surface area contributed by atoms with Gasteiger partial charge in [-0.25, -0.2) is 22.4 Å². The van der Waals surface area contributed by atoms with Crippen LogP contribution < -0.4 is 5.32 Å². The molecule has 1 unspecified atom stereocenters. The molecule has 0 bridgehead atoms. The summed E-state index contributed by atoms with van der Waals surface area (Å²) in [6.07, 6.45) is -1.78. The predicted molar refractivity (Wildman–Crippen MR) is 96.3 cm³/mol. The highest BCUT2D eigenvalue weighted by Crippen LogP contribution is 2.34. The van der Waals surface area contributed by atoms with E-state index in [1.165, 1.54) is 6.92 Å². The van der Waals surface area contributed by atoms with Gasteiger partial charge in [0, 0.05) is 4.90 Å². The molecule has 4 nitrogen and oxygen atoms in total. The second-order valence-electron chi connectivity index (χ2n) is 6.01. The van der Waals surface area contributed by atoms with E-state index in [2.05, 4.69) is 5.32 Å². The third kappa shape index (κ3) is 7.40. The topological polar surface area (TPSA) is 55.4 Å². The number of alkyl halides is 3. The molecule has 27 heavy (non-hydrogen) atoms. The van der Waals surface area contributed by atoms with E-state index >= 15 is 0 Å². The Morgan fingerprint density at radius 2 is 1.74 bits per heavy atom. The van der Waals surface area contributed by atoms with Crippen molar-refractivity contribution in [3.8, 4) is 0 Å². The van der Waals surface area contributed by atoms with Crippen LogP contribution in [0.1, 0.15) is 45.1 Å². The zero-order chi connectivity index (χ0) is 20.6. The summed E-state index contributed by atoms with van der Waals surface area (Å²) in [5, 5.41) is 2.07. The molecule has 9 heteroatoms. The summed E-state index contributed by atoms with van der Waals surface area (Å²) in [5.41, 5.74) is -2.63. The number of nitrogens with one attached hydrogen (secondary N) is 1. The van der Waals surface area contributed by atoms with E-state index in [1.54, 1.807) is 0 Å². The van der Waals surface area contributed by atoms with Gasteiger partial charge in [0.1, 0.15) is 5.82 Å². The number of rotatable bonds is 9. The van der Waals surface area contributed by atoms with E-state index in [9.17, 15) is 27.2 Å². The van der Waals surface area contributed by atoms with Crippen LogP contribution in [0.2, 0.25) is 0 Å². The first kappa shape index (κ1) is 23.3. The maximum Gasteiger partial charge on any atom is 0.419 e. The molecule has 0 aliphatic rings. The van der Waals surface area contributed by atoms with Crippen molar-refractivity contribution in [2.24, 2.45) is 5.92 Å². The van der Waals surface area contributed by atoms with Crippen LogP contribution in [0, 0.1) is 18.7 Å². The quantitative estimate of drug-likeness (QED) is 0.232. The average molecular weight is 409 g/mol. The molecule has 0 saturated carbocycles. The van der Waals surface area contributed by atoms with Crippen LogP contribution in [0.3, 0.4) is 0 Å². The van der Waals surface area contributed by atoms with Crippen molar-refractivity contribution in [1.82, 2.24) is 0 Å². The normalized spacial score (nSPS) is 12.3. The van der Waals surface area contributed by atoms with Gasteiger partial charge in [0.25, 0.3) is 6.43 Å². The van der Waals surface area contributed by atoms with Crippen LogP contribution in [-0.2, 0) is 9.53 Å². The van der Waals surface area contributed by atoms with Crippen LogP contribution in [-0.4, -0.2) is 24.0 Å². The van der Waals surface area contributed by atoms with E-state index < -0.39 is 35.7 Å². The van der Waals surface area contributed by atoms with Gasteiger partial charge in [-0.05, 0) is 37.5 Å². The Labute approximate surface area is 160 Å². The van der Waals surface area contributed by atoms with Crippen molar-refractivity contribution in [3.63, 3.8) is 0 Å². The van der Waals surface area contributed by atoms with Gasteiger partial charge >= 0.3 is 12.1 Å². The summed E-state index contributed by atoms with van der Waals surface area (Å²) >= 11 is 0.218. The summed E-state index contributed by atoms with van der Waals surface area (Å²) in [7, 11) is 0. The Morgan fingerprint density at radius 1 is 1.15 bits per heavy atom. The monoisotopic (exact) mass is 409 g/mol. The van der Waals surface area contributed by atoms with Crippen molar-refractivity contribution in [1.29, 1.82) is 0 Å². The number of esters is 1. The molecule has 0 aliphatic heterocycles. The molecule has 0 fully saturated rings. The smallest absolute Gasteiger partial charge is 0.376 e. The zero-order valence-electron chi connectivity index (χ0n) is 15.4. The lowest BCUT2D eigenvalue weighted by Crippen LogP contribution is -2.25. The van der Waals surface area contributed by atoms with Gasteiger partial charge in [-0.15, -0.1) is 0 Å². The Balaban J connectivity index is 2.85. The minimum Gasteiger partial charge on any atom is -0.376 e. The molecule has 1 atom stereocenters. The summed E-state index contributed by atoms with van der Waals surface area (Å²) < 4.78 is 56.7. The lowest BCUT2D eigenvalue weighted by atomic mass is 9.99. The lowest BCUT2D eigenvalue weighted by molar-refractivity contribution is -0.142. The molecule has 1 N–H and O–H groups in total. The minimum absolute atomic E-state index is 0.0423. The highest BCUT2D eigenvalue weighted by atomic mass is 32.2. The number of hydrogen-bond acceptors (Lipinski definition) is 4. The average Bonchev–Trinajstić information content (AvgIpc) is 2.58. The van der Waals surface area contributed by atoms with Crippen molar-refractivity contribution in [2.45, 2.75) is 63.3 Å². The largest absolute Gasteiger partial charge is 0.419 e. The van der Waals surface area contributed by atoms with Gasteiger partial charge in [0.15, 0.2) is 0 Å². The lowest BCUT2D eigenvalue weighted by Gasteiger charge is -2.15. The summed E-state index contributed by atoms with van der Waals surface area (Å²) in [6.45, 7) is 5.22. The van der Waals surface area contributed by atoms with E-state index in [1.807, 2.05) is 13.8 Å². The number of thioether (sulfide) groups is 1. The van der Waals surface area contributed by atoms with Gasteiger partial charge in [-0.3, -0.25) is 10.1 Å². The van der Waals surface area contributed by atoms with Gasteiger partial charge < -0.3 is 4.74 Å². The van der Waals surface area contributed by atoms with E-state index in [-0.39, 0.29) is 27.9 Å². The van der Waals surface area contributed by atoms with Crippen LogP contribution in [0.25, 0.3) is 0 Å². The third-order valence-corrected chi connectivity index (χ3v) is 4.86. The molecule has 1 aromatic rings. The number of ether oxygens (including phenoxy) is 1. The zero-order valence-corrected chi connectivity index (χ0v) is 16.2. The van der Waals surface area contributed by atoms with Gasteiger partial charge in [-0.1, -0.05) is 38.5 Å². The van der Waals surface area contributed by atoms with Crippen LogP contribution in [0.15, 0.2) is 17.0 Å². The number of anilines is 1. The second-order valence-corrected chi connectivity index (χ2v) is 7.13. The fourth-order valence-corrected chi connectivity index (χ4v) is 3.21. The number of carbonyl (C=O) groups excluding carboxylic acids is 2. The second kappa shape index (κ2) is 11.2. The Morgan fingerprint density at radius 3 is 2.26 bits per heavy atom. The number of aryl methyl sites for hydroxylation is 1. The van der Waals surface area contributed by atoms with Gasteiger partial charge in [0.05, 0.1) is 11.6 Å². The number of hydrogen-bond donors (Lipinski definition) is 1. The Bertz CT molecular complexity index is 652. The summed E-state index contributed by atoms with van der Waals surface area (Å²) in [5.74, 6) is -2.00. The summed E-state index contributed by atoms with van der Waals surface area (Å²) in [4.78, 5) is 24.0. The first-order valence-corrected chi connectivity index (χ1v) is 9.49. The molecule has 0 spiro atoms. The molecule has 0 aromatic heterocycles. The van der Waals surface area contributed by atoms with E-state index in [4.69, 9.17) is 4.74 Å². The van der Waals surface area contributed by atoms with Crippen molar-refractivity contribution in [2.75, 3.05) is 5.32 Å². The molecule has 152 valence electrons. The van der Waals surface area contributed by atoms with Crippen molar-refractivity contribution >= 4 is 29.5 Å². The predicted octanol–water partition coefficient (Wildman–Crippen LogP) is 6.08. The number of carbonyl (C=O) groups is 2. The van der Waals surface area contributed by atoms with Crippen LogP contribution in [0.5, 0.6) is 0 Å². The summed E-state index contributed by atoms with van der Waals surface area (Å²) in [6, 6.07) is 2.01. The van der Waals surface area contributed by atoms with E-state index in [0.717, 1.165) is 25.0 Å². The van der Waals surface area contributed by atoms with Crippen molar-refractivity contribution < 1.29 is 31.9 Å². The number of amides is 1. The fourth-order valence-electron chi connectivity index (χ4n) is 2.44. The molecule has 0 aliphatic carbocycles. The molecule has 0 saturated heterocycles. The van der Waals surface area contributed by atoms with Gasteiger partial charge in [-0.2, -0.15) is 0 Å². The van der Waals surface area contributed by atoms with E-state index in [0.29, 0.717) is 12.8 Å². The molecule has 0 heterocycles. The highest BCUT2D eigenvalue weighted by molar-refractivity contribution is 7.99. The van der Waals surface area contributed by atoms with Crippen LogP contribution >= 0.6 is 11.8 Å². The number of benzene rings is 1. The van der Waals surface area contributed by atoms with Crippen LogP contribution in [0.4, 0.5) is 28.0 Å². The molecule has 1 rings (SSSR count). The third-order valence-electron chi connectivity index (χ3n) is 3.74. The Kier molecular flexibility index (Phi) is 9.62. The molecule has 0 radical (unpaired) electrons. The Hall–Kier alpha value is -1.77.